The second-order valence-corrected chi connectivity index (χ2v) is 3.52. The van der Waals surface area contributed by atoms with E-state index in [4.69, 9.17) is 16.9 Å². The average molecular weight is 278 g/mol. The Hall–Kier alpha value is -1.74. The van der Waals surface area contributed by atoms with Gasteiger partial charge in [0.05, 0.1) is 23.8 Å². The number of halogens is 4. The third-order valence-electron chi connectivity index (χ3n) is 2.26. The standard InChI is InChI=1S/C11H7ClF3NO2/c1-18-10(17)9-6(5-16)2-3-8(7(9)4-12)11(13,14)15/h2-3H,4H2,1H3. The molecule has 0 atom stereocenters. The van der Waals surface area contributed by atoms with Gasteiger partial charge >= 0.3 is 12.1 Å². The summed E-state index contributed by atoms with van der Waals surface area (Å²) in [5.41, 5.74) is -2.14. The predicted molar refractivity (Wildman–Crippen MR) is 57.1 cm³/mol. The van der Waals surface area contributed by atoms with Gasteiger partial charge in [-0.15, -0.1) is 11.6 Å². The van der Waals surface area contributed by atoms with Crippen LogP contribution in [0.5, 0.6) is 0 Å². The lowest BCUT2D eigenvalue weighted by molar-refractivity contribution is -0.138. The summed E-state index contributed by atoms with van der Waals surface area (Å²) in [5.74, 6) is -1.57. The van der Waals surface area contributed by atoms with Gasteiger partial charge in [0.25, 0.3) is 0 Å². The van der Waals surface area contributed by atoms with Gasteiger partial charge in [0.2, 0.25) is 0 Å². The van der Waals surface area contributed by atoms with E-state index in [0.29, 0.717) is 0 Å². The van der Waals surface area contributed by atoms with Crippen molar-refractivity contribution in [3.63, 3.8) is 0 Å². The van der Waals surface area contributed by atoms with Crippen molar-refractivity contribution >= 4 is 17.6 Å². The van der Waals surface area contributed by atoms with Crippen LogP contribution in [0.1, 0.15) is 27.0 Å². The highest BCUT2D eigenvalue weighted by atomic mass is 35.5. The van der Waals surface area contributed by atoms with Gasteiger partial charge in [-0.05, 0) is 17.7 Å². The minimum Gasteiger partial charge on any atom is -0.465 e. The first-order chi connectivity index (χ1) is 8.36. The van der Waals surface area contributed by atoms with E-state index in [1.54, 1.807) is 6.07 Å². The molecule has 0 fully saturated rings. The lowest BCUT2D eigenvalue weighted by Crippen LogP contribution is -2.15. The SMILES string of the molecule is COC(=O)c1c(C#N)ccc(C(F)(F)F)c1CCl. The van der Waals surface area contributed by atoms with E-state index in [0.717, 1.165) is 19.2 Å². The Balaban J connectivity index is 3.64. The molecule has 3 nitrogen and oxygen atoms in total. The van der Waals surface area contributed by atoms with Crippen LogP contribution in [-0.4, -0.2) is 13.1 Å². The third-order valence-corrected chi connectivity index (χ3v) is 2.53. The van der Waals surface area contributed by atoms with Gasteiger partial charge in [0.1, 0.15) is 6.07 Å². The Morgan fingerprint density at radius 1 is 1.50 bits per heavy atom. The van der Waals surface area contributed by atoms with E-state index in [2.05, 4.69) is 4.74 Å². The van der Waals surface area contributed by atoms with Crippen LogP contribution in [0.15, 0.2) is 12.1 Å². The molecule has 0 aliphatic carbocycles. The van der Waals surface area contributed by atoms with Gasteiger partial charge in [-0.2, -0.15) is 18.4 Å². The van der Waals surface area contributed by atoms with Crippen LogP contribution in [0.3, 0.4) is 0 Å². The summed E-state index contributed by atoms with van der Waals surface area (Å²) in [6, 6.07) is 3.28. The van der Waals surface area contributed by atoms with Crippen molar-refractivity contribution in [3.05, 3.63) is 34.4 Å². The lowest BCUT2D eigenvalue weighted by Gasteiger charge is -2.15. The van der Waals surface area contributed by atoms with E-state index in [1.165, 1.54) is 0 Å². The summed E-state index contributed by atoms with van der Waals surface area (Å²) >= 11 is 5.46. The van der Waals surface area contributed by atoms with Crippen LogP contribution < -0.4 is 0 Å². The molecule has 0 saturated heterocycles. The highest BCUT2D eigenvalue weighted by Crippen LogP contribution is 2.35. The number of hydrogen-bond acceptors (Lipinski definition) is 3. The summed E-state index contributed by atoms with van der Waals surface area (Å²) in [5, 5.41) is 8.79. The van der Waals surface area contributed by atoms with E-state index in [-0.39, 0.29) is 5.56 Å². The summed E-state index contributed by atoms with van der Waals surface area (Å²) in [6.45, 7) is 0. The van der Waals surface area contributed by atoms with Crippen LogP contribution >= 0.6 is 11.6 Å². The van der Waals surface area contributed by atoms with E-state index in [1.807, 2.05) is 0 Å². The van der Waals surface area contributed by atoms with Gasteiger partial charge in [0.15, 0.2) is 0 Å². The third kappa shape index (κ3) is 2.57. The van der Waals surface area contributed by atoms with Crippen LogP contribution in [-0.2, 0) is 16.8 Å². The smallest absolute Gasteiger partial charge is 0.416 e. The highest BCUT2D eigenvalue weighted by molar-refractivity contribution is 6.18. The van der Waals surface area contributed by atoms with Crippen molar-refractivity contribution in [2.45, 2.75) is 12.1 Å². The zero-order valence-corrected chi connectivity index (χ0v) is 9.89. The minimum absolute atomic E-state index is 0.203. The van der Waals surface area contributed by atoms with Crippen molar-refractivity contribution in [2.24, 2.45) is 0 Å². The number of ether oxygens (including phenoxy) is 1. The molecule has 0 saturated carbocycles. The molecule has 1 aromatic carbocycles. The molecule has 0 bridgehead atoms. The van der Waals surface area contributed by atoms with Crippen molar-refractivity contribution < 1.29 is 22.7 Å². The number of rotatable bonds is 2. The minimum atomic E-state index is -4.65. The second kappa shape index (κ2) is 5.27. The second-order valence-electron chi connectivity index (χ2n) is 3.25. The summed E-state index contributed by atoms with van der Waals surface area (Å²) in [6.07, 6.45) is -4.65. The van der Waals surface area contributed by atoms with Crippen LogP contribution in [0.25, 0.3) is 0 Å². The zero-order chi connectivity index (χ0) is 13.9. The molecular formula is C11H7ClF3NO2. The van der Waals surface area contributed by atoms with E-state index >= 15 is 0 Å². The molecule has 0 unspecified atom stereocenters. The van der Waals surface area contributed by atoms with E-state index in [9.17, 15) is 18.0 Å². The van der Waals surface area contributed by atoms with Crippen LogP contribution in [0.4, 0.5) is 13.2 Å². The van der Waals surface area contributed by atoms with Crippen molar-refractivity contribution in [1.82, 2.24) is 0 Å². The number of hydrogen-bond donors (Lipinski definition) is 0. The molecule has 0 aliphatic rings. The normalized spacial score (nSPS) is 10.9. The molecule has 0 spiro atoms. The number of carbonyl (C=O) groups is 1. The van der Waals surface area contributed by atoms with Gasteiger partial charge in [-0.1, -0.05) is 0 Å². The molecule has 1 rings (SSSR count). The monoisotopic (exact) mass is 277 g/mol. The fourth-order valence-electron chi connectivity index (χ4n) is 1.48. The maximum absolute atomic E-state index is 12.7. The Bertz CT molecular complexity index is 520. The maximum Gasteiger partial charge on any atom is 0.416 e. The number of esters is 1. The molecule has 0 radical (unpaired) electrons. The van der Waals surface area contributed by atoms with E-state index < -0.39 is 34.7 Å². The lowest BCUT2D eigenvalue weighted by atomic mass is 9.97. The Morgan fingerprint density at radius 3 is 2.50 bits per heavy atom. The number of methoxy groups -OCH3 is 1. The summed E-state index contributed by atoms with van der Waals surface area (Å²) < 4.78 is 42.5. The quantitative estimate of drug-likeness (QED) is 0.616. The fourth-order valence-corrected chi connectivity index (χ4v) is 1.76. The molecule has 0 N–H and O–H groups in total. The molecule has 0 amide bonds. The molecule has 0 aromatic heterocycles. The molecule has 0 aliphatic heterocycles. The average Bonchev–Trinajstić information content (AvgIpc) is 2.34. The first kappa shape index (κ1) is 14.3. The Kier molecular flexibility index (Phi) is 4.19. The number of nitriles is 1. The summed E-state index contributed by atoms with van der Waals surface area (Å²) in [7, 11) is 1.02. The number of benzene rings is 1. The molecule has 96 valence electrons. The first-order valence-corrected chi connectivity index (χ1v) is 5.17. The molecule has 7 heteroatoms. The van der Waals surface area contributed by atoms with Gasteiger partial charge in [-0.25, -0.2) is 4.79 Å². The van der Waals surface area contributed by atoms with Crippen molar-refractivity contribution in [3.8, 4) is 6.07 Å². The predicted octanol–water partition coefficient (Wildman–Crippen LogP) is 3.10. The number of carbonyl (C=O) groups excluding carboxylic acids is 1. The van der Waals surface area contributed by atoms with Gasteiger partial charge in [0, 0.05) is 5.88 Å². The van der Waals surface area contributed by atoms with Crippen molar-refractivity contribution in [2.75, 3.05) is 7.11 Å². The Morgan fingerprint density at radius 2 is 2.11 bits per heavy atom. The number of alkyl halides is 4. The topological polar surface area (TPSA) is 50.1 Å². The van der Waals surface area contributed by atoms with Crippen LogP contribution in [0, 0.1) is 11.3 Å². The first-order valence-electron chi connectivity index (χ1n) is 4.64. The highest BCUT2D eigenvalue weighted by Gasteiger charge is 2.36. The maximum atomic E-state index is 12.7. The van der Waals surface area contributed by atoms with Crippen molar-refractivity contribution in [1.29, 1.82) is 5.26 Å². The molecule has 1 aromatic rings. The zero-order valence-electron chi connectivity index (χ0n) is 9.14. The Labute approximate surface area is 106 Å². The molecular weight excluding hydrogens is 271 g/mol. The molecule has 18 heavy (non-hydrogen) atoms. The van der Waals surface area contributed by atoms with Crippen LogP contribution in [0.2, 0.25) is 0 Å². The molecule has 0 heterocycles. The van der Waals surface area contributed by atoms with Gasteiger partial charge in [-0.3, -0.25) is 0 Å². The summed E-state index contributed by atoms with van der Waals surface area (Å²) in [4.78, 5) is 11.5. The fraction of sp³-hybridized carbons (Fsp3) is 0.273. The largest absolute Gasteiger partial charge is 0.465 e. The number of nitrogens with zero attached hydrogens (tertiary/aromatic N) is 1. The van der Waals surface area contributed by atoms with Gasteiger partial charge < -0.3 is 4.74 Å².